The number of ether oxygens (including phenoxy) is 2. The molecule has 0 saturated heterocycles. The van der Waals surface area contributed by atoms with Crippen molar-refractivity contribution >= 4 is 29.2 Å². The van der Waals surface area contributed by atoms with Crippen LogP contribution in [0, 0.1) is 5.82 Å². The zero-order chi connectivity index (χ0) is 17.4. The molecule has 24 heavy (non-hydrogen) atoms. The van der Waals surface area contributed by atoms with Gasteiger partial charge in [0, 0.05) is 5.02 Å². The molecule has 0 aromatic heterocycles. The molecular weight excluding hydrogens is 337 g/mol. The Morgan fingerprint density at radius 2 is 1.88 bits per heavy atom. The van der Waals surface area contributed by atoms with Crippen LogP contribution in [0.3, 0.4) is 0 Å². The van der Waals surface area contributed by atoms with Crippen LogP contribution in [0.15, 0.2) is 48.5 Å². The Morgan fingerprint density at radius 1 is 1.12 bits per heavy atom. The number of amides is 1. The van der Waals surface area contributed by atoms with E-state index in [-0.39, 0.29) is 23.7 Å². The van der Waals surface area contributed by atoms with Crippen LogP contribution in [0.2, 0.25) is 5.02 Å². The standard InChI is InChI=1S/C17H15ClFNO4/c18-12-6-7-15(14(19)10-12)20-16(21)11-24-17(22)8-9-23-13-4-2-1-3-5-13/h1-7,10H,8-9,11H2,(H,20,21). The smallest absolute Gasteiger partial charge is 0.309 e. The topological polar surface area (TPSA) is 64.6 Å². The molecule has 0 fully saturated rings. The van der Waals surface area contributed by atoms with E-state index < -0.39 is 24.3 Å². The summed E-state index contributed by atoms with van der Waals surface area (Å²) in [4.78, 5) is 23.2. The van der Waals surface area contributed by atoms with Gasteiger partial charge in [-0.05, 0) is 30.3 Å². The molecule has 2 rings (SSSR count). The van der Waals surface area contributed by atoms with Gasteiger partial charge < -0.3 is 14.8 Å². The summed E-state index contributed by atoms with van der Waals surface area (Å²) in [6.45, 7) is -0.373. The molecule has 0 bridgehead atoms. The molecule has 0 aliphatic rings. The van der Waals surface area contributed by atoms with Gasteiger partial charge in [0.25, 0.3) is 5.91 Å². The number of rotatable bonds is 7. The minimum absolute atomic E-state index is 0.00250. The van der Waals surface area contributed by atoms with Crippen molar-refractivity contribution in [2.75, 3.05) is 18.5 Å². The maximum Gasteiger partial charge on any atom is 0.309 e. The second-order valence-corrected chi connectivity index (χ2v) is 5.18. The lowest BCUT2D eigenvalue weighted by Crippen LogP contribution is -2.22. The second-order valence-electron chi connectivity index (χ2n) is 4.74. The number of hydrogen-bond acceptors (Lipinski definition) is 4. The molecule has 0 saturated carbocycles. The third-order valence-electron chi connectivity index (χ3n) is 2.89. The van der Waals surface area contributed by atoms with Crippen molar-refractivity contribution in [1.29, 1.82) is 0 Å². The first-order valence-corrected chi connectivity index (χ1v) is 7.51. The zero-order valence-corrected chi connectivity index (χ0v) is 13.4. The monoisotopic (exact) mass is 351 g/mol. The van der Waals surface area contributed by atoms with E-state index in [9.17, 15) is 14.0 Å². The summed E-state index contributed by atoms with van der Waals surface area (Å²) < 4.78 is 23.7. The van der Waals surface area contributed by atoms with Gasteiger partial charge in [0.2, 0.25) is 0 Å². The van der Waals surface area contributed by atoms with Crippen LogP contribution in [-0.4, -0.2) is 25.1 Å². The van der Waals surface area contributed by atoms with Crippen molar-refractivity contribution < 1.29 is 23.5 Å². The van der Waals surface area contributed by atoms with Crippen molar-refractivity contribution in [1.82, 2.24) is 0 Å². The number of halogens is 2. The van der Waals surface area contributed by atoms with Crippen LogP contribution in [0.25, 0.3) is 0 Å². The molecule has 1 N–H and O–H groups in total. The summed E-state index contributed by atoms with van der Waals surface area (Å²) in [7, 11) is 0. The molecule has 0 heterocycles. The maximum absolute atomic E-state index is 13.5. The first kappa shape index (κ1) is 17.7. The predicted octanol–water partition coefficient (Wildman–Crippen LogP) is 3.43. The minimum Gasteiger partial charge on any atom is -0.493 e. The van der Waals surface area contributed by atoms with Crippen molar-refractivity contribution in [3.05, 3.63) is 59.4 Å². The van der Waals surface area contributed by atoms with Crippen LogP contribution >= 0.6 is 11.6 Å². The lowest BCUT2D eigenvalue weighted by molar-refractivity contribution is -0.147. The number of esters is 1. The maximum atomic E-state index is 13.5. The van der Waals surface area contributed by atoms with Gasteiger partial charge in [0.1, 0.15) is 11.6 Å². The van der Waals surface area contributed by atoms with E-state index in [2.05, 4.69) is 5.32 Å². The Kier molecular flexibility index (Phi) is 6.57. The number of para-hydroxylation sites is 1. The van der Waals surface area contributed by atoms with Crippen LogP contribution in [0.5, 0.6) is 5.75 Å². The van der Waals surface area contributed by atoms with Crippen molar-refractivity contribution in [3.63, 3.8) is 0 Å². The first-order chi connectivity index (χ1) is 11.5. The molecule has 2 aromatic carbocycles. The molecule has 7 heteroatoms. The fraction of sp³-hybridized carbons (Fsp3) is 0.176. The highest BCUT2D eigenvalue weighted by atomic mass is 35.5. The number of carbonyl (C=O) groups excluding carboxylic acids is 2. The van der Waals surface area contributed by atoms with Crippen molar-refractivity contribution in [2.45, 2.75) is 6.42 Å². The fourth-order valence-electron chi connectivity index (χ4n) is 1.76. The predicted molar refractivity (Wildman–Crippen MR) is 87.6 cm³/mol. The third kappa shape index (κ3) is 5.89. The van der Waals surface area contributed by atoms with Crippen molar-refractivity contribution in [2.24, 2.45) is 0 Å². The molecular formula is C17H15ClFNO4. The summed E-state index contributed by atoms with van der Waals surface area (Å²) >= 11 is 5.62. The Balaban J connectivity index is 1.68. The van der Waals surface area contributed by atoms with E-state index in [4.69, 9.17) is 21.1 Å². The molecule has 2 aromatic rings. The molecule has 5 nitrogen and oxygen atoms in total. The van der Waals surface area contributed by atoms with Crippen molar-refractivity contribution in [3.8, 4) is 5.75 Å². The molecule has 0 spiro atoms. The Bertz CT molecular complexity index is 709. The number of benzene rings is 2. The Hall–Kier alpha value is -2.60. The first-order valence-electron chi connectivity index (χ1n) is 7.13. The molecule has 126 valence electrons. The fourth-order valence-corrected chi connectivity index (χ4v) is 1.92. The summed E-state index contributed by atoms with van der Waals surface area (Å²) in [5.41, 5.74) is -0.0344. The van der Waals surface area contributed by atoms with E-state index in [1.807, 2.05) is 18.2 Å². The van der Waals surface area contributed by atoms with Gasteiger partial charge in [-0.2, -0.15) is 0 Å². The van der Waals surface area contributed by atoms with Gasteiger partial charge in [-0.3, -0.25) is 9.59 Å². The number of nitrogens with one attached hydrogen (secondary N) is 1. The lowest BCUT2D eigenvalue weighted by Gasteiger charge is -2.08. The molecule has 0 atom stereocenters. The summed E-state index contributed by atoms with van der Waals surface area (Å²) in [5, 5.41) is 2.51. The molecule has 0 aliphatic carbocycles. The van der Waals surface area contributed by atoms with Gasteiger partial charge in [-0.1, -0.05) is 29.8 Å². The summed E-state index contributed by atoms with van der Waals surface area (Å²) in [5.74, 6) is -1.26. The van der Waals surface area contributed by atoms with Gasteiger partial charge in [0.15, 0.2) is 6.61 Å². The number of hydrogen-bond donors (Lipinski definition) is 1. The Labute approximate surface area is 143 Å². The van der Waals surface area contributed by atoms with Gasteiger partial charge >= 0.3 is 5.97 Å². The van der Waals surface area contributed by atoms with Gasteiger partial charge in [-0.15, -0.1) is 0 Å². The van der Waals surface area contributed by atoms with Crippen LogP contribution in [0.1, 0.15) is 6.42 Å². The minimum atomic E-state index is -0.668. The molecule has 0 aliphatic heterocycles. The second kappa shape index (κ2) is 8.88. The third-order valence-corrected chi connectivity index (χ3v) is 3.12. The van der Waals surface area contributed by atoms with E-state index >= 15 is 0 Å². The highest BCUT2D eigenvalue weighted by Crippen LogP contribution is 2.18. The van der Waals surface area contributed by atoms with E-state index in [0.717, 1.165) is 6.07 Å². The lowest BCUT2D eigenvalue weighted by atomic mass is 10.3. The summed E-state index contributed by atoms with van der Waals surface area (Å²) in [6.07, 6.45) is -0.00250. The molecule has 0 radical (unpaired) electrons. The van der Waals surface area contributed by atoms with E-state index in [1.165, 1.54) is 12.1 Å². The van der Waals surface area contributed by atoms with Gasteiger partial charge in [-0.25, -0.2) is 4.39 Å². The quantitative estimate of drug-likeness (QED) is 0.776. The van der Waals surface area contributed by atoms with Crippen LogP contribution in [-0.2, 0) is 14.3 Å². The van der Waals surface area contributed by atoms with E-state index in [0.29, 0.717) is 5.75 Å². The van der Waals surface area contributed by atoms with Gasteiger partial charge in [0.05, 0.1) is 18.7 Å². The number of anilines is 1. The number of carbonyl (C=O) groups is 2. The molecule has 1 amide bonds. The molecule has 0 unspecified atom stereocenters. The van der Waals surface area contributed by atoms with E-state index in [1.54, 1.807) is 12.1 Å². The van der Waals surface area contributed by atoms with Crippen LogP contribution < -0.4 is 10.1 Å². The highest BCUT2D eigenvalue weighted by molar-refractivity contribution is 6.30. The normalized spacial score (nSPS) is 10.1. The zero-order valence-electron chi connectivity index (χ0n) is 12.6. The average Bonchev–Trinajstić information content (AvgIpc) is 2.56. The summed E-state index contributed by atoms with van der Waals surface area (Å²) in [6, 6.07) is 12.8. The average molecular weight is 352 g/mol. The SMILES string of the molecule is O=C(COC(=O)CCOc1ccccc1)Nc1ccc(Cl)cc1F. The Morgan fingerprint density at radius 3 is 2.58 bits per heavy atom. The van der Waals surface area contributed by atoms with Crippen LogP contribution in [0.4, 0.5) is 10.1 Å². The highest BCUT2D eigenvalue weighted by Gasteiger charge is 2.10. The largest absolute Gasteiger partial charge is 0.493 e.